The Morgan fingerprint density at radius 3 is 2.07 bits per heavy atom. The normalized spacial score (nSPS) is 26.2. The van der Waals surface area contributed by atoms with E-state index >= 15 is 0 Å². The third kappa shape index (κ3) is 4.14. The first-order chi connectivity index (χ1) is 6.93. The second-order valence-corrected chi connectivity index (χ2v) is 6.33. The van der Waals surface area contributed by atoms with E-state index in [1.165, 1.54) is 25.7 Å². The van der Waals surface area contributed by atoms with Gasteiger partial charge in [-0.2, -0.15) is 0 Å². The second kappa shape index (κ2) is 5.34. The van der Waals surface area contributed by atoms with Gasteiger partial charge in [-0.05, 0) is 43.4 Å². The summed E-state index contributed by atoms with van der Waals surface area (Å²) in [5, 5.41) is 0. The minimum atomic E-state index is 0.194. The first-order valence-corrected chi connectivity index (χ1v) is 6.57. The van der Waals surface area contributed by atoms with Gasteiger partial charge in [0.05, 0.1) is 5.60 Å². The SMILES string of the molecule is CC(C)CC1(CC(C)C)CC(C)CCO1. The number of hydrogen-bond donors (Lipinski definition) is 0. The number of hydrogen-bond acceptors (Lipinski definition) is 1. The highest BCUT2D eigenvalue weighted by molar-refractivity contribution is 4.87. The minimum Gasteiger partial charge on any atom is -0.375 e. The monoisotopic (exact) mass is 212 g/mol. The molecule has 0 N–H and O–H groups in total. The van der Waals surface area contributed by atoms with Gasteiger partial charge in [-0.15, -0.1) is 0 Å². The van der Waals surface area contributed by atoms with E-state index in [-0.39, 0.29) is 5.60 Å². The molecule has 1 heteroatoms. The lowest BCUT2D eigenvalue weighted by atomic mass is 9.77. The second-order valence-electron chi connectivity index (χ2n) is 6.33. The molecule has 0 bridgehead atoms. The van der Waals surface area contributed by atoms with Gasteiger partial charge in [0.1, 0.15) is 0 Å². The van der Waals surface area contributed by atoms with E-state index in [4.69, 9.17) is 4.74 Å². The molecule has 1 rings (SSSR count). The summed E-state index contributed by atoms with van der Waals surface area (Å²) in [4.78, 5) is 0. The average molecular weight is 212 g/mol. The van der Waals surface area contributed by atoms with Gasteiger partial charge in [-0.25, -0.2) is 0 Å². The van der Waals surface area contributed by atoms with Crippen molar-refractivity contribution in [2.75, 3.05) is 6.61 Å². The van der Waals surface area contributed by atoms with Crippen LogP contribution in [-0.2, 0) is 4.74 Å². The largest absolute Gasteiger partial charge is 0.375 e. The van der Waals surface area contributed by atoms with Crippen LogP contribution in [0.2, 0.25) is 0 Å². The fraction of sp³-hybridized carbons (Fsp3) is 1.00. The van der Waals surface area contributed by atoms with Gasteiger partial charge in [0, 0.05) is 6.61 Å². The molecule has 0 aromatic rings. The summed E-state index contributed by atoms with van der Waals surface area (Å²) in [6.07, 6.45) is 4.98. The molecule has 1 unspecified atom stereocenters. The molecule has 0 radical (unpaired) electrons. The van der Waals surface area contributed by atoms with Gasteiger partial charge < -0.3 is 4.74 Å². The summed E-state index contributed by atoms with van der Waals surface area (Å²) in [6.45, 7) is 12.6. The Morgan fingerprint density at radius 1 is 1.13 bits per heavy atom. The molecule has 15 heavy (non-hydrogen) atoms. The Labute approximate surface area is 95.6 Å². The van der Waals surface area contributed by atoms with Crippen LogP contribution in [0.1, 0.15) is 60.3 Å². The summed E-state index contributed by atoms with van der Waals surface area (Å²) in [5.41, 5.74) is 0.194. The van der Waals surface area contributed by atoms with Crippen molar-refractivity contribution in [2.24, 2.45) is 17.8 Å². The van der Waals surface area contributed by atoms with Crippen LogP contribution in [0.15, 0.2) is 0 Å². The van der Waals surface area contributed by atoms with E-state index in [1.807, 2.05) is 0 Å². The summed E-state index contributed by atoms with van der Waals surface area (Å²) in [7, 11) is 0. The summed E-state index contributed by atoms with van der Waals surface area (Å²) in [5.74, 6) is 2.33. The van der Waals surface area contributed by atoms with E-state index < -0.39 is 0 Å². The van der Waals surface area contributed by atoms with Gasteiger partial charge in [0.25, 0.3) is 0 Å². The molecular formula is C14H28O. The topological polar surface area (TPSA) is 9.23 Å². The van der Waals surface area contributed by atoms with Gasteiger partial charge in [0.15, 0.2) is 0 Å². The molecule has 1 aliphatic rings. The van der Waals surface area contributed by atoms with Crippen LogP contribution in [0.4, 0.5) is 0 Å². The van der Waals surface area contributed by atoms with Crippen LogP contribution >= 0.6 is 0 Å². The van der Waals surface area contributed by atoms with Gasteiger partial charge in [-0.1, -0.05) is 34.6 Å². The third-order valence-corrected chi connectivity index (χ3v) is 3.30. The van der Waals surface area contributed by atoms with Crippen LogP contribution < -0.4 is 0 Å². The van der Waals surface area contributed by atoms with E-state index in [9.17, 15) is 0 Å². The van der Waals surface area contributed by atoms with E-state index in [1.54, 1.807) is 0 Å². The molecule has 0 spiro atoms. The zero-order chi connectivity index (χ0) is 11.5. The molecule has 1 aliphatic heterocycles. The van der Waals surface area contributed by atoms with Crippen LogP contribution in [-0.4, -0.2) is 12.2 Å². The van der Waals surface area contributed by atoms with E-state index in [0.29, 0.717) is 0 Å². The Kier molecular flexibility index (Phi) is 4.64. The number of ether oxygens (including phenoxy) is 1. The van der Waals surface area contributed by atoms with Crippen LogP contribution in [0.5, 0.6) is 0 Å². The first kappa shape index (κ1) is 13.0. The molecule has 0 aromatic heterocycles. The molecule has 0 aliphatic carbocycles. The van der Waals surface area contributed by atoms with Crippen molar-refractivity contribution in [1.29, 1.82) is 0 Å². The highest BCUT2D eigenvalue weighted by atomic mass is 16.5. The maximum Gasteiger partial charge on any atom is 0.0690 e. The standard InChI is InChI=1S/C14H28O/c1-11(2)8-14(9-12(3)4)10-13(5)6-7-15-14/h11-13H,6-10H2,1-5H3. The zero-order valence-corrected chi connectivity index (χ0v) is 11.2. The van der Waals surface area contributed by atoms with Crippen molar-refractivity contribution in [1.82, 2.24) is 0 Å². The molecule has 1 atom stereocenters. The highest BCUT2D eigenvalue weighted by Crippen LogP contribution is 2.38. The quantitative estimate of drug-likeness (QED) is 0.676. The summed E-state index contributed by atoms with van der Waals surface area (Å²) >= 11 is 0. The number of rotatable bonds is 4. The smallest absolute Gasteiger partial charge is 0.0690 e. The average Bonchev–Trinajstić information content (AvgIpc) is 1.99. The molecule has 1 nitrogen and oxygen atoms in total. The zero-order valence-electron chi connectivity index (χ0n) is 11.2. The molecule has 90 valence electrons. The molecular weight excluding hydrogens is 184 g/mol. The third-order valence-electron chi connectivity index (χ3n) is 3.30. The predicted molar refractivity (Wildman–Crippen MR) is 66.0 cm³/mol. The molecule has 0 aromatic carbocycles. The van der Waals surface area contributed by atoms with Crippen molar-refractivity contribution in [3.8, 4) is 0 Å². The van der Waals surface area contributed by atoms with Crippen LogP contribution in [0, 0.1) is 17.8 Å². The molecule has 1 heterocycles. The van der Waals surface area contributed by atoms with E-state index in [2.05, 4.69) is 34.6 Å². The Morgan fingerprint density at radius 2 is 1.67 bits per heavy atom. The van der Waals surface area contributed by atoms with E-state index in [0.717, 1.165) is 24.4 Å². The van der Waals surface area contributed by atoms with Crippen molar-refractivity contribution in [2.45, 2.75) is 65.9 Å². The lowest BCUT2D eigenvalue weighted by Crippen LogP contribution is -2.41. The highest BCUT2D eigenvalue weighted by Gasteiger charge is 2.36. The van der Waals surface area contributed by atoms with Crippen molar-refractivity contribution >= 4 is 0 Å². The maximum absolute atomic E-state index is 6.16. The van der Waals surface area contributed by atoms with Gasteiger partial charge in [-0.3, -0.25) is 0 Å². The summed E-state index contributed by atoms with van der Waals surface area (Å²) < 4.78 is 6.16. The van der Waals surface area contributed by atoms with Crippen molar-refractivity contribution in [3.63, 3.8) is 0 Å². The maximum atomic E-state index is 6.16. The lowest BCUT2D eigenvalue weighted by Gasteiger charge is -2.42. The molecule has 0 saturated carbocycles. The van der Waals surface area contributed by atoms with Crippen LogP contribution in [0.25, 0.3) is 0 Å². The van der Waals surface area contributed by atoms with Gasteiger partial charge >= 0.3 is 0 Å². The molecule has 1 saturated heterocycles. The van der Waals surface area contributed by atoms with Crippen LogP contribution in [0.3, 0.4) is 0 Å². The fourth-order valence-corrected chi connectivity index (χ4v) is 3.13. The summed E-state index contributed by atoms with van der Waals surface area (Å²) in [6, 6.07) is 0. The minimum absolute atomic E-state index is 0.194. The van der Waals surface area contributed by atoms with Crippen molar-refractivity contribution in [3.05, 3.63) is 0 Å². The Hall–Kier alpha value is -0.0400. The fourth-order valence-electron chi connectivity index (χ4n) is 3.13. The van der Waals surface area contributed by atoms with Gasteiger partial charge in [0.2, 0.25) is 0 Å². The predicted octanol–water partition coefficient (Wildman–Crippen LogP) is 4.26. The Bertz CT molecular complexity index is 168. The molecule has 0 amide bonds. The molecule has 1 fully saturated rings. The Balaban J connectivity index is 2.65. The lowest BCUT2D eigenvalue weighted by molar-refractivity contribution is -0.116. The first-order valence-electron chi connectivity index (χ1n) is 6.57. The van der Waals surface area contributed by atoms with Crippen molar-refractivity contribution < 1.29 is 4.74 Å².